The fourth-order valence-corrected chi connectivity index (χ4v) is 2.34. The zero-order valence-electron chi connectivity index (χ0n) is 15.9. The van der Waals surface area contributed by atoms with Gasteiger partial charge in [-0.15, -0.1) is 0 Å². The lowest BCUT2D eigenvalue weighted by Crippen LogP contribution is -2.05. The third-order valence-corrected chi connectivity index (χ3v) is 3.87. The second-order valence-corrected chi connectivity index (χ2v) is 6.23. The first-order chi connectivity index (χ1) is 14.8. The van der Waals surface area contributed by atoms with Gasteiger partial charge < -0.3 is 4.65 Å². The van der Waals surface area contributed by atoms with Gasteiger partial charge in [0.25, 0.3) is 0 Å². The molecule has 0 spiro atoms. The van der Waals surface area contributed by atoms with E-state index in [1.54, 1.807) is 0 Å². The maximum absolute atomic E-state index is 12.6. The van der Waals surface area contributed by atoms with Crippen LogP contribution in [0.25, 0.3) is 12.2 Å². The van der Waals surface area contributed by atoms with Crippen molar-refractivity contribution < 1.29 is 44.4 Å². The Morgan fingerprint density at radius 3 is 1.50 bits per heavy atom. The van der Waals surface area contributed by atoms with E-state index in [4.69, 9.17) is 0 Å². The molecule has 2 aromatic carbocycles. The van der Waals surface area contributed by atoms with Gasteiger partial charge in [-0.25, -0.2) is 8.63 Å². The Balaban J connectivity index is 2.13. The highest BCUT2D eigenvalue weighted by molar-refractivity contribution is 6.35. The van der Waals surface area contributed by atoms with Crippen LogP contribution in [0.2, 0.25) is 0 Å². The molecule has 0 fully saturated rings. The van der Waals surface area contributed by atoms with E-state index >= 15 is 0 Å². The minimum atomic E-state index is -4.53. The summed E-state index contributed by atoms with van der Waals surface area (Å²) in [6.07, 6.45) is -4.09. The van der Waals surface area contributed by atoms with Gasteiger partial charge in [-0.05, 0) is 47.5 Å². The number of allylic oxidation sites excluding steroid dienone is 3. The molecule has 11 heteroatoms. The van der Waals surface area contributed by atoms with E-state index in [1.165, 1.54) is 12.2 Å². The van der Waals surface area contributed by atoms with Gasteiger partial charge in [0.1, 0.15) is 5.76 Å². The SMILES string of the molecule is O=C(/C=C(/C=C/c1ccc(C(F)(F)F)cc1)OB(F)F)/C=C/c1ccc(C(F)(F)F)cc1. The molecule has 2 aromatic rings. The summed E-state index contributed by atoms with van der Waals surface area (Å²) in [7, 11) is -3.27. The van der Waals surface area contributed by atoms with Crippen molar-refractivity contribution in [3.8, 4) is 0 Å². The zero-order valence-corrected chi connectivity index (χ0v) is 15.9. The predicted molar refractivity (Wildman–Crippen MR) is 103 cm³/mol. The number of carbonyl (C=O) groups excluding carboxylic acids is 1. The first-order valence-corrected chi connectivity index (χ1v) is 8.76. The Morgan fingerprint density at radius 1 is 0.719 bits per heavy atom. The molecule has 0 saturated heterocycles. The normalized spacial score (nSPS) is 13.1. The average molecular weight is 460 g/mol. The molecule has 2 nitrogen and oxygen atoms in total. The summed E-state index contributed by atoms with van der Waals surface area (Å²) in [6, 6.07) is 7.69. The maximum Gasteiger partial charge on any atom is 0.796 e. The number of hydrogen-bond donors (Lipinski definition) is 0. The van der Waals surface area contributed by atoms with Crippen molar-refractivity contribution in [2.45, 2.75) is 12.4 Å². The summed E-state index contributed by atoms with van der Waals surface area (Å²) < 4.78 is 105. The fraction of sp³-hybridized carbons (Fsp3) is 0.0952. The molecule has 0 amide bonds. The molecule has 0 aromatic heterocycles. The molecule has 32 heavy (non-hydrogen) atoms. The van der Waals surface area contributed by atoms with Crippen molar-refractivity contribution in [1.29, 1.82) is 0 Å². The molecule has 0 unspecified atom stereocenters. The van der Waals surface area contributed by atoms with Gasteiger partial charge >= 0.3 is 19.8 Å². The van der Waals surface area contributed by atoms with Gasteiger partial charge in [-0.3, -0.25) is 4.79 Å². The molecule has 0 aliphatic carbocycles. The maximum atomic E-state index is 12.6. The van der Waals surface area contributed by atoms with Crippen LogP contribution in [0.1, 0.15) is 22.3 Å². The van der Waals surface area contributed by atoms with Crippen molar-refractivity contribution in [2.24, 2.45) is 0 Å². The van der Waals surface area contributed by atoms with E-state index < -0.39 is 42.5 Å². The lowest BCUT2D eigenvalue weighted by molar-refractivity contribution is -0.138. The van der Waals surface area contributed by atoms with Crippen LogP contribution in [0.5, 0.6) is 0 Å². The molecule has 0 bridgehead atoms. The fourth-order valence-electron chi connectivity index (χ4n) is 2.34. The van der Waals surface area contributed by atoms with Crippen molar-refractivity contribution in [1.82, 2.24) is 0 Å². The highest BCUT2D eigenvalue weighted by Gasteiger charge is 2.30. The third-order valence-electron chi connectivity index (χ3n) is 3.87. The summed E-state index contributed by atoms with van der Waals surface area (Å²) in [6.45, 7) is 0. The molecular weight excluding hydrogens is 447 g/mol. The van der Waals surface area contributed by atoms with E-state index in [0.29, 0.717) is 6.08 Å². The second-order valence-electron chi connectivity index (χ2n) is 6.23. The molecule has 2 rings (SSSR count). The summed E-state index contributed by atoms with van der Waals surface area (Å²) in [5.41, 5.74) is -1.27. The Bertz CT molecular complexity index is 1000. The monoisotopic (exact) mass is 460 g/mol. The number of halogens is 8. The molecule has 0 saturated carbocycles. The third kappa shape index (κ3) is 8.05. The lowest BCUT2D eigenvalue weighted by Gasteiger charge is -2.06. The first kappa shape index (κ1) is 24.9. The number of alkyl halides is 6. The molecule has 0 aliphatic rings. The van der Waals surface area contributed by atoms with Crippen LogP contribution < -0.4 is 0 Å². The van der Waals surface area contributed by atoms with Crippen LogP contribution in [-0.2, 0) is 21.8 Å². The average Bonchev–Trinajstić information content (AvgIpc) is 2.69. The summed E-state index contributed by atoms with van der Waals surface area (Å²) in [4.78, 5) is 12.0. The quantitative estimate of drug-likeness (QED) is 0.149. The summed E-state index contributed by atoms with van der Waals surface area (Å²) in [5.74, 6) is -1.38. The van der Waals surface area contributed by atoms with Crippen LogP contribution in [0.15, 0.2) is 72.5 Å². The van der Waals surface area contributed by atoms with Gasteiger partial charge in [-0.2, -0.15) is 26.3 Å². The van der Waals surface area contributed by atoms with Gasteiger partial charge in [0.15, 0.2) is 5.78 Å². The molecule has 0 radical (unpaired) electrons. The van der Waals surface area contributed by atoms with E-state index in [2.05, 4.69) is 4.65 Å². The van der Waals surface area contributed by atoms with Crippen molar-refractivity contribution in [3.05, 3.63) is 94.8 Å². The van der Waals surface area contributed by atoms with Gasteiger partial charge in [-0.1, -0.05) is 36.4 Å². The summed E-state index contributed by atoms with van der Waals surface area (Å²) >= 11 is 0. The molecule has 0 heterocycles. The standard InChI is InChI=1S/C21H13BF8O2/c23-20(24,25)16-7-1-14(2-8-16)5-11-18(31)13-19(32-22(29)30)12-6-15-3-9-17(10-4-15)21(26,27)28/h1-13H/b11-5+,12-6+,19-13-. The Hall–Kier alpha value is -3.37. The second kappa shape index (κ2) is 10.3. The number of hydrogen-bond acceptors (Lipinski definition) is 2. The summed E-state index contributed by atoms with van der Waals surface area (Å²) in [5, 5.41) is 0. The Morgan fingerprint density at radius 2 is 1.12 bits per heavy atom. The van der Waals surface area contributed by atoms with Crippen LogP contribution in [0.4, 0.5) is 35.0 Å². The minimum absolute atomic E-state index is 0.231. The van der Waals surface area contributed by atoms with Gasteiger partial charge in [0.2, 0.25) is 0 Å². The van der Waals surface area contributed by atoms with Gasteiger partial charge in [0.05, 0.1) is 11.1 Å². The number of carbonyl (C=O) groups is 1. The van der Waals surface area contributed by atoms with Crippen molar-refractivity contribution in [3.63, 3.8) is 0 Å². The Kier molecular flexibility index (Phi) is 8.01. The van der Waals surface area contributed by atoms with Crippen molar-refractivity contribution >= 4 is 25.4 Å². The van der Waals surface area contributed by atoms with E-state index in [-0.39, 0.29) is 11.1 Å². The van der Waals surface area contributed by atoms with E-state index in [9.17, 15) is 39.8 Å². The highest BCUT2D eigenvalue weighted by atomic mass is 19.4. The molecular formula is C21H13BF8O2. The molecule has 0 atom stereocenters. The predicted octanol–water partition coefficient (Wildman–Crippen LogP) is 6.84. The van der Waals surface area contributed by atoms with E-state index in [1.807, 2.05) is 0 Å². The Labute approximate surface area is 177 Å². The van der Waals surface area contributed by atoms with Crippen LogP contribution in [0.3, 0.4) is 0 Å². The largest absolute Gasteiger partial charge is 0.796 e. The van der Waals surface area contributed by atoms with Crippen molar-refractivity contribution in [2.75, 3.05) is 0 Å². The number of rotatable bonds is 7. The van der Waals surface area contributed by atoms with Crippen LogP contribution >= 0.6 is 0 Å². The zero-order chi connectivity index (χ0) is 23.9. The van der Waals surface area contributed by atoms with Crippen LogP contribution in [-0.4, -0.2) is 13.3 Å². The molecule has 0 N–H and O–H groups in total. The van der Waals surface area contributed by atoms with Crippen LogP contribution in [0, 0.1) is 0 Å². The van der Waals surface area contributed by atoms with Gasteiger partial charge in [0, 0.05) is 6.08 Å². The van der Waals surface area contributed by atoms with E-state index in [0.717, 1.165) is 60.7 Å². The first-order valence-electron chi connectivity index (χ1n) is 8.76. The topological polar surface area (TPSA) is 26.3 Å². The molecule has 0 aliphatic heterocycles. The smallest absolute Gasteiger partial charge is 0.505 e. The number of ketones is 1. The lowest BCUT2D eigenvalue weighted by atomic mass is 10.1. The minimum Gasteiger partial charge on any atom is -0.505 e. The number of benzene rings is 2. The highest BCUT2D eigenvalue weighted by Crippen LogP contribution is 2.30. The molecule has 168 valence electrons.